The first-order chi connectivity index (χ1) is 16.3. The average molecular weight is 504 g/mol. The van der Waals surface area contributed by atoms with E-state index in [0.717, 1.165) is 0 Å². The average Bonchev–Trinajstić information content (AvgIpc) is 2.73. The Morgan fingerprint density at radius 1 is 0.743 bits per heavy atom. The molecule has 0 rings (SSSR count). The van der Waals surface area contributed by atoms with Crippen LogP contribution < -0.4 is 27.4 Å². The Labute approximate surface area is 203 Å². The van der Waals surface area contributed by atoms with Crippen LogP contribution in [0.5, 0.6) is 0 Å². The summed E-state index contributed by atoms with van der Waals surface area (Å²) < 4.78 is 0. The molecule has 0 aliphatic heterocycles. The van der Waals surface area contributed by atoms with Gasteiger partial charge >= 0.3 is 17.9 Å². The highest BCUT2D eigenvalue weighted by Gasteiger charge is 2.31. The monoisotopic (exact) mass is 503 g/mol. The first-order valence-electron chi connectivity index (χ1n) is 11.3. The molecule has 0 aromatic rings. The van der Waals surface area contributed by atoms with E-state index in [9.17, 15) is 33.9 Å². The minimum absolute atomic E-state index is 0.118. The van der Waals surface area contributed by atoms with Crippen molar-refractivity contribution in [1.29, 1.82) is 0 Å². The molecule has 0 aromatic heterocycles. The number of carboxylic acids is 3. The Morgan fingerprint density at radius 3 is 1.77 bits per heavy atom. The standard InChI is InChI=1S/C21H37N5O9/c1-11(2)9-12(23)18(31)24-13(5-3-4-8-22)19(32)26-15(10-17(29)30)20(33)25-14(21(34)35)6-7-16(27)28/h11-15H,3-10,22-23H2,1-2H3,(H,24,31)(H,25,33)(H,26,32)(H,27,28)(H,29,30)(H,34,35). The zero-order valence-corrected chi connectivity index (χ0v) is 20.0. The Kier molecular flexibility index (Phi) is 14.9. The van der Waals surface area contributed by atoms with Gasteiger partial charge in [-0.15, -0.1) is 0 Å². The molecule has 35 heavy (non-hydrogen) atoms. The molecule has 14 heteroatoms. The molecule has 10 N–H and O–H groups in total. The molecule has 0 saturated heterocycles. The number of amides is 3. The van der Waals surface area contributed by atoms with Gasteiger partial charge in [0.2, 0.25) is 17.7 Å². The summed E-state index contributed by atoms with van der Waals surface area (Å²) >= 11 is 0. The van der Waals surface area contributed by atoms with Gasteiger partial charge in [0, 0.05) is 6.42 Å². The molecule has 0 saturated carbocycles. The van der Waals surface area contributed by atoms with Crippen molar-refractivity contribution in [1.82, 2.24) is 16.0 Å². The van der Waals surface area contributed by atoms with Crippen LogP contribution in [0.15, 0.2) is 0 Å². The SMILES string of the molecule is CC(C)CC(N)C(=O)NC(CCCCN)C(=O)NC(CC(=O)O)C(=O)NC(CCC(=O)O)C(=O)O. The number of carbonyl (C=O) groups is 6. The van der Waals surface area contributed by atoms with Gasteiger partial charge in [-0.3, -0.25) is 24.0 Å². The molecule has 4 unspecified atom stereocenters. The highest BCUT2D eigenvalue weighted by molar-refractivity contribution is 5.95. The van der Waals surface area contributed by atoms with Gasteiger partial charge in [0.15, 0.2) is 0 Å². The number of hydrogen-bond acceptors (Lipinski definition) is 8. The summed E-state index contributed by atoms with van der Waals surface area (Å²) in [7, 11) is 0. The molecule has 0 bridgehead atoms. The minimum atomic E-state index is -1.68. The maximum Gasteiger partial charge on any atom is 0.326 e. The van der Waals surface area contributed by atoms with Crippen LogP contribution in [-0.4, -0.2) is 81.7 Å². The quantitative estimate of drug-likeness (QED) is 0.0985. The van der Waals surface area contributed by atoms with Crippen LogP contribution in [0.2, 0.25) is 0 Å². The second kappa shape index (κ2) is 16.4. The second-order valence-electron chi connectivity index (χ2n) is 8.57. The van der Waals surface area contributed by atoms with Crippen LogP contribution >= 0.6 is 0 Å². The molecular weight excluding hydrogens is 466 g/mol. The summed E-state index contributed by atoms with van der Waals surface area (Å²) in [5.41, 5.74) is 11.3. The first kappa shape index (κ1) is 31.7. The fourth-order valence-electron chi connectivity index (χ4n) is 3.11. The Morgan fingerprint density at radius 2 is 1.29 bits per heavy atom. The van der Waals surface area contributed by atoms with E-state index in [1.807, 2.05) is 13.8 Å². The van der Waals surface area contributed by atoms with Crippen molar-refractivity contribution in [3.05, 3.63) is 0 Å². The van der Waals surface area contributed by atoms with E-state index >= 15 is 0 Å². The summed E-state index contributed by atoms with van der Waals surface area (Å²) in [6, 6.07) is -5.31. The first-order valence-corrected chi connectivity index (χ1v) is 11.3. The number of carboxylic acid groups (broad SMARTS) is 3. The van der Waals surface area contributed by atoms with E-state index < -0.39 is 79.1 Å². The lowest BCUT2D eigenvalue weighted by Crippen LogP contribution is -2.57. The smallest absolute Gasteiger partial charge is 0.326 e. The molecule has 3 amide bonds. The van der Waals surface area contributed by atoms with Gasteiger partial charge in [-0.05, 0) is 44.6 Å². The largest absolute Gasteiger partial charge is 0.481 e. The summed E-state index contributed by atoms with van der Waals surface area (Å²) in [5, 5.41) is 33.9. The Hall–Kier alpha value is -3.26. The molecule has 0 aliphatic rings. The van der Waals surface area contributed by atoms with E-state index in [-0.39, 0.29) is 12.3 Å². The molecule has 0 heterocycles. The molecule has 0 fully saturated rings. The fraction of sp³-hybridized carbons (Fsp3) is 0.714. The summed E-state index contributed by atoms with van der Waals surface area (Å²) in [4.78, 5) is 71.2. The molecule has 0 radical (unpaired) electrons. The number of hydrogen-bond donors (Lipinski definition) is 8. The van der Waals surface area contributed by atoms with Crippen molar-refractivity contribution in [2.24, 2.45) is 17.4 Å². The topological polar surface area (TPSA) is 251 Å². The maximum atomic E-state index is 12.9. The molecule has 0 aromatic carbocycles. The molecular formula is C21H37N5O9. The van der Waals surface area contributed by atoms with Crippen LogP contribution in [0.3, 0.4) is 0 Å². The van der Waals surface area contributed by atoms with Crippen molar-refractivity contribution in [2.75, 3.05) is 6.54 Å². The Bertz CT molecular complexity index is 759. The lowest BCUT2D eigenvalue weighted by atomic mass is 10.0. The second-order valence-corrected chi connectivity index (χ2v) is 8.57. The van der Waals surface area contributed by atoms with Crippen molar-refractivity contribution in [2.45, 2.75) is 83.0 Å². The highest BCUT2D eigenvalue weighted by Crippen LogP contribution is 2.07. The lowest BCUT2D eigenvalue weighted by Gasteiger charge is -2.25. The zero-order valence-electron chi connectivity index (χ0n) is 20.0. The van der Waals surface area contributed by atoms with E-state index in [1.165, 1.54) is 0 Å². The van der Waals surface area contributed by atoms with Crippen LogP contribution in [0.4, 0.5) is 0 Å². The molecule has 4 atom stereocenters. The predicted molar refractivity (Wildman–Crippen MR) is 123 cm³/mol. The highest BCUT2D eigenvalue weighted by atomic mass is 16.4. The predicted octanol–water partition coefficient (Wildman–Crippen LogP) is -1.63. The van der Waals surface area contributed by atoms with Gasteiger partial charge in [-0.25, -0.2) is 4.79 Å². The number of aliphatic carboxylic acids is 3. The van der Waals surface area contributed by atoms with Gasteiger partial charge in [0.25, 0.3) is 0 Å². The summed E-state index contributed by atoms with van der Waals surface area (Å²) in [5.74, 6) is -6.71. The van der Waals surface area contributed by atoms with Crippen molar-refractivity contribution in [3.63, 3.8) is 0 Å². The third-order valence-corrected chi connectivity index (χ3v) is 4.92. The molecule has 200 valence electrons. The van der Waals surface area contributed by atoms with E-state index in [1.54, 1.807) is 0 Å². The van der Waals surface area contributed by atoms with Gasteiger partial charge in [-0.2, -0.15) is 0 Å². The van der Waals surface area contributed by atoms with Gasteiger partial charge in [0.1, 0.15) is 18.1 Å². The van der Waals surface area contributed by atoms with Crippen LogP contribution in [0.25, 0.3) is 0 Å². The van der Waals surface area contributed by atoms with E-state index in [0.29, 0.717) is 25.8 Å². The number of rotatable bonds is 18. The maximum absolute atomic E-state index is 12.9. The van der Waals surface area contributed by atoms with Gasteiger partial charge < -0.3 is 42.7 Å². The van der Waals surface area contributed by atoms with Crippen LogP contribution in [0, 0.1) is 5.92 Å². The molecule has 14 nitrogen and oxygen atoms in total. The number of nitrogens with two attached hydrogens (primary N) is 2. The number of carbonyl (C=O) groups excluding carboxylic acids is 3. The van der Waals surface area contributed by atoms with Crippen molar-refractivity contribution < 1.29 is 44.1 Å². The van der Waals surface area contributed by atoms with E-state index in [4.69, 9.17) is 21.7 Å². The van der Waals surface area contributed by atoms with Crippen LogP contribution in [-0.2, 0) is 28.8 Å². The van der Waals surface area contributed by atoms with Crippen molar-refractivity contribution in [3.8, 4) is 0 Å². The third-order valence-electron chi connectivity index (χ3n) is 4.92. The van der Waals surface area contributed by atoms with Crippen molar-refractivity contribution >= 4 is 35.6 Å². The zero-order chi connectivity index (χ0) is 27.1. The lowest BCUT2D eigenvalue weighted by molar-refractivity contribution is -0.144. The van der Waals surface area contributed by atoms with E-state index in [2.05, 4.69) is 16.0 Å². The number of nitrogens with one attached hydrogen (secondary N) is 3. The third kappa shape index (κ3) is 13.9. The fourth-order valence-corrected chi connectivity index (χ4v) is 3.11. The number of unbranched alkanes of at least 4 members (excludes halogenated alkanes) is 1. The minimum Gasteiger partial charge on any atom is -0.481 e. The van der Waals surface area contributed by atoms with Gasteiger partial charge in [0.05, 0.1) is 12.5 Å². The summed E-state index contributed by atoms with van der Waals surface area (Å²) in [6.07, 6.45) is -0.393. The van der Waals surface area contributed by atoms with Crippen LogP contribution in [0.1, 0.15) is 58.8 Å². The van der Waals surface area contributed by atoms with Gasteiger partial charge in [-0.1, -0.05) is 13.8 Å². The normalized spacial score (nSPS) is 14.3. The Balaban J connectivity index is 5.53. The molecule has 0 aliphatic carbocycles. The molecule has 0 spiro atoms. The summed E-state index contributed by atoms with van der Waals surface area (Å²) in [6.45, 7) is 4.08.